The number of para-hydroxylation sites is 1. The Morgan fingerprint density at radius 3 is 2.50 bits per heavy atom. The lowest BCUT2D eigenvalue weighted by molar-refractivity contribution is -0.148. The van der Waals surface area contributed by atoms with Gasteiger partial charge in [0.15, 0.2) is 6.61 Å². The highest BCUT2D eigenvalue weighted by Gasteiger charge is 2.10. The zero-order valence-electron chi connectivity index (χ0n) is 14.1. The Hall–Kier alpha value is -2.57. The highest BCUT2D eigenvalue weighted by molar-refractivity contribution is 5.86. The van der Waals surface area contributed by atoms with Crippen LogP contribution in [-0.2, 0) is 25.5 Å². The summed E-state index contributed by atoms with van der Waals surface area (Å²) in [6, 6.07) is 7.47. The lowest BCUT2D eigenvalue weighted by Gasteiger charge is -2.10. The zero-order chi connectivity index (χ0) is 17.8. The van der Waals surface area contributed by atoms with Gasteiger partial charge in [-0.1, -0.05) is 18.2 Å². The van der Waals surface area contributed by atoms with Crippen molar-refractivity contribution < 1.29 is 23.9 Å². The Kier molecular flexibility index (Phi) is 8.96. The number of amides is 2. The second kappa shape index (κ2) is 11.0. The summed E-state index contributed by atoms with van der Waals surface area (Å²) in [6.45, 7) is 4.19. The number of carbonyl (C=O) groups excluding carboxylic acids is 3. The van der Waals surface area contributed by atoms with Crippen LogP contribution >= 0.6 is 0 Å². The molecule has 0 saturated heterocycles. The molecular formula is C17H24N2O5. The molecule has 0 fully saturated rings. The van der Waals surface area contributed by atoms with Crippen LogP contribution < -0.4 is 15.4 Å². The summed E-state index contributed by atoms with van der Waals surface area (Å²) in [5.74, 6) is -0.532. The molecule has 0 heterocycles. The van der Waals surface area contributed by atoms with E-state index in [4.69, 9.17) is 9.47 Å². The fourth-order valence-electron chi connectivity index (χ4n) is 1.95. The first-order valence-corrected chi connectivity index (χ1v) is 7.96. The Bertz CT molecular complexity index is 560. The van der Waals surface area contributed by atoms with E-state index in [1.165, 1.54) is 0 Å². The predicted octanol–water partition coefficient (Wildman–Crippen LogP) is 0.813. The van der Waals surface area contributed by atoms with Gasteiger partial charge in [0, 0.05) is 13.0 Å². The van der Waals surface area contributed by atoms with Gasteiger partial charge in [-0.2, -0.15) is 0 Å². The van der Waals surface area contributed by atoms with Crippen molar-refractivity contribution in [1.82, 2.24) is 10.6 Å². The minimum atomic E-state index is -0.510. The van der Waals surface area contributed by atoms with Crippen molar-refractivity contribution in [2.45, 2.75) is 26.7 Å². The van der Waals surface area contributed by atoms with Gasteiger partial charge >= 0.3 is 5.97 Å². The summed E-state index contributed by atoms with van der Waals surface area (Å²) >= 11 is 0. The third-order valence-electron chi connectivity index (χ3n) is 3.06. The summed E-state index contributed by atoms with van der Waals surface area (Å²) in [4.78, 5) is 34.4. The van der Waals surface area contributed by atoms with Gasteiger partial charge in [-0.3, -0.25) is 14.4 Å². The average molecular weight is 336 g/mol. The quantitative estimate of drug-likeness (QED) is 0.617. The van der Waals surface area contributed by atoms with E-state index in [9.17, 15) is 14.4 Å². The van der Waals surface area contributed by atoms with Gasteiger partial charge in [-0.15, -0.1) is 0 Å². The molecule has 1 aromatic carbocycles. The average Bonchev–Trinajstić information content (AvgIpc) is 2.58. The van der Waals surface area contributed by atoms with E-state index in [0.717, 1.165) is 11.3 Å². The van der Waals surface area contributed by atoms with E-state index in [2.05, 4.69) is 10.6 Å². The van der Waals surface area contributed by atoms with E-state index in [-0.39, 0.29) is 18.9 Å². The molecule has 0 aliphatic rings. The summed E-state index contributed by atoms with van der Waals surface area (Å²) in [6.07, 6.45) is 0.614. The van der Waals surface area contributed by atoms with Gasteiger partial charge in [0.2, 0.25) is 5.91 Å². The Balaban J connectivity index is 2.29. The van der Waals surface area contributed by atoms with Gasteiger partial charge in [-0.05, 0) is 31.9 Å². The molecule has 0 radical (unpaired) electrons. The molecule has 0 aliphatic carbocycles. The molecule has 1 rings (SSSR count). The largest absolute Gasteiger partial charge is 0.494 e. The third kappa shape index (κ3) is 7.62. The fraction of sp³-hybridized carbons (Fsp3) is 0.471. The Labute approximate surface area is 141 Å². The molecule has 0 spiro atoms. The third-order valence-corrected chi connectivity index (χ3v) is 3.06. The maximum absolute atomic E-state index is 11.7. The number of hydrogen-bond donors (Lipinski definition) is 2. The minimum Gasteiger partial charge on any atom is -0.494 e. The van der Waals surface area contributed by atoms with Crippen LogP contribution in [0.1, 0.15) is 25.8 Å². The maximum Gasteiger partial charge on any atom is 0.306 e. The first kappa shape index (κ1) is 19.5. The normalized spacial score (nSPS) is 9.92. The molecule has 0 atom stereocenters. The lowest BCUT2D eigenvalue weighted by Crippen LogP contribution is -2.38. The molecule has 7 nitrogen and oxygen atoms in total. The topological polar surface area (TPSA) is 93.7 Å². The van der Waals surface area contributed by atoms with Crippen LogP contribution in [0.25, 0.3) is 0 Å². The Morgan fingerprint density at radius 1 is 1.04 bits per heavy atom. The van der Waals surface area contributed by atoms with Gasteiger partial charge in [0.25, 0.3) is 5.91 Å². The number of aryl methyl sites for hydroxylation is 1. The number of ether oxygens (including phenoxy) is 2. The van der Waals surface area contributed by atoms with E-state index in [1.54, 1.807) is 6.92 Å². The number of esters is 1. The van der Waals surface area contributed by atoms with Crippen molar-refractivity contribution in [3.8, 4) is 5.75 Å². The van der Waals surface area contributed by atoms with Crippen molar-refractivity contribution in [3.05, 3.63) is 29.8 Å². The van der Waals surface area contributed by atoms with Crippen LogP contribution in [0, 0.1) is 0 Å². The molecule has 0 aliphatic heterocycles. The van der Waals surface area contributed by atoms with Crippen molar-refractivity contribution in [2.24, 2.45) is 0 Å². The summed E-state index contributed by atoms with van der Waals surface area (Å²) < 4.78 is 10.4. The molecule has 0 bridgehead atoms. The molecular weight excluding hydrogens is 312 g/mol. The highest BCUT2D eigenvalue weighted by atomic mass is 16.5. The monoisotopic (exact) mass is 336 g/mol. The number of likely N-dealkylation sites (N-methyl/N-ethyl adjacent to an activating group) is 1. The van der Waals surface area contributed by atoms with Gasteiger partial charge in [0.1, 0.15) is 5.75 Å². The van der Waals surface area contributed by atoms with Crippen LogP contribution in [0.4, 0.5) is 0 Å². The molecule has 24 heavy (non-hydrogen) atoms. The SMILES string of the molecule is CCNC(=O)CNC(=O)COC(=O)CCc1ccccc1OCC. The number of hydrogen-bond acceptors (Lipinski definition) is 5. The first-order valence-electron chi connectivity index (χ1n) is 7.96. The number of nitrogens with one attached hydrogen (secondary N) is 2. The number of carbonyl (C=O) groups is 3. The summed E-state index contributed by atoms with van der Waals surface area (Å²) in [5, 5.41) is 4.92. The molecule has 7 heteroatoms. The van der Waals surface area contributed by atoms with Crippen LogP contribution in [-0.4, -0.2) is 44.1 Å². The van der Waals surface area contributed by atoms with E-state index >= 15 is 0 Å². The maximum atomic E-state index is 11.7. The van der Waals surface area contributed by atoms with Crippen molar-refractivity contribution in [1.29, 1.82) is 0 Å². The van der Waals surface area contributed by atoms with Crippen molar-refractivity contribution in [2.75, 3.05) is 26.3 Å². The van der Waals surface area contributed by atoms with E-state index in [0.29, 0.717) is 19.6 Å². The van der Waals surface area contributed by atoms with E-state index < -0.39 is 18.5 Å². The second-order valence-corrected chi connectivity index (χ2v) is 4.93. The smallest absolute Gasteiger partial charge is 0.306 e. The molecule has 2 amide bonds. The minimum absolute atomic E-state index is 0.133. The molecule has 132 valence electrons. The van der Waals surface area contributed by atoms with Gasteiger partial charge in [-0.25, -0.2) is 0 Å². The van der Waals surface area contributed by atoms with Crippen LogP contribution in [0.2, 0.25) is 0 Å². The van der Waals surface area contributed by atoms with Gasteiger partial charge in [0.05, 0.1) is 13.2 Å². The fourth-order valence-corrected chi connectivity index (χ4v) is 1.95. The van der Waals surface area contributed by atoms with Crippen LogP contribution in [0.3, 0.4) is 0 Å². The number of rotatable bonds is 10. The van der Waals surface area contributed by atoms with Crippen LogP contribution in [0.5, 0.6) is 5.75 Å². The Morgan fingerprint density at radius 2 is 1.79 bits per heavy atom. The summed E-state index contributed by atoms with van der Waals surface area (Å²) in [7, 11) is 0. The highest BCUT2D eigenvalue weighted by Crippen LogP contribution is 2.19. The molecule has 0 saturated carbocycles. The zero-order valence-corrected chi connectivity index (χ0v) is 14.1. The predicted molar refractivity (Wildman–Crippen MR) is 88.6 cm³/mol. The summed E-state index contributed by atoms with van der Waals surface area (Å²) in [5.41, 5.74) is 0.914. The molecule has 2 N–H and O–H groups in total. The van der Waals surface area contributed by atoms with Crippen molar-refractivity contribution >= 4 is 17.8 Å². The van der Waals surface area contributed by atoms with Crippen molar-refractivity contribution in [3.63, 3.8) is 0 Å². The standard InChI is InChI=1S/C17H24N2O5/c1-3-18-15(20)11-19-16(21)12-24-17(22)10-9-13-7-5-6-8-14(13)23-4-2/h5-8H,3-4,9-12H2,1-2H3,(H,18,20)(H,19,21). The number of benzene rings is 1. The lowest BCUT2D eigenvalue weighted by atomic mass is 10.1. The van der Waals surface area contributed by atoms with Gasteiger partial charge < -0.3 is 20.1 Å². The molecule has 0 aromatic heterocycles. The molecule has 0 unspecified atom stereocenters. The first-order chi connectivity index (χ1) is 11.6. The van der Waals surface area contributed by atoms with E-state index in [1.807, 2.05) is 31.2 Å². The molecule has 1 aromatic rings. The van der Waals surface area contributed by atoms with Crippen LogP contribution in [0.15, 0.2) is 24.3 Å². The second-order valence-electron chi connectivity index (χ2n) is 4.93.